The highest BCUT2D eigenvalue weighted by molar-refractivity contribution is 6.07. The molecule has 0 saturated carbocycles. The van der Waals surface area contributed by atoms with Gasteiger partial charge in [-0.15, -0.1) is 0 Å². The van der Waals surface area contributed by atoms with Crippen LogP contribution in [0.5, 0.6) is 0 Å². The Kier molecular flexibility index (Phi) is 6.22. The van der Waals surface area contributed by atoms with Gasteiger partial charge in [0.2, 0.25) is 0 Å². The molecule has 0 amide bonds. The summed E-state index contributed by atoms with van der Waals surface area (Å²) in [6, 6.07) is 10.9. The number of rotatable bonds is 6. The molecule has 2 aliphatic rings. The number of halogens is 1. The number of pyridine rings is 2. The lowest BCUT2D eigenvalue weighted by Crippen LogP contribution is -2.20. The van der Waals surface area contributed by atoms with E-state index in [1.165, 1.54) is 17.7 Å². The fourth-order valence-electron chi connectivity index (χ4n) is 5.59. The number of ether oxygens (including phenoxy) is 1. The van der Waals surface area contributed by atoms with E-state index >= 15 is 0 Å². The van der Waals surface area contributed by atoms with Gasteiger partial charge in [-0.1, -0.05) is 12.1 Å². The minimum atomic E-state index is -0.326. The molecule has 1 fully saturated rings. The highest BCUT2D eigenvalue weighted by Crippen LogP contribution is 2.38. The van der Waals surface area contributed by atoms with Gasteiger partial charge in [0.1, 0.15) is 17.3 Å². The Hall–Kier alpha value is -3.62. The van der Waals surface area contributed by atoms with Crippen molar-refractivity contribution in [3.8, 4) is 11.3 Å². The quantitative estimate of drug-likeness (QED) is 0.385. The second-order valence-electron chi connectivity index (χ2n) is 10.2. The highest BCUT2D eigenvalue weighted by Gasteiger charge is 2.28. The number of ketones is 1. The highest BCUT2D eigenvalue weighted by atomic mass is 19.1. The molecule has 1 atom stereocenters. The minimum absolute atomic E-state index is 0.115. The van der Waals surface area contributed by atoms with Gasteiger partial charge >= 0.3 is 0 Å². The molecule has 4 aromatic rings. The van der Waals surface area contributed by atoms with Crippen molar-refractivity contribution < 1.29 is 13.9 Å². The summed E-state index contributed by atoms with van der Waals surface area (Å²) in [5, 5.41) is 3.44. The smallest absolute Gasteiger partial charge is 0.165 e. The number of carbonyl (C=O) groups excluding carboxylic acids is 1. The molecule has 8 heteroatoms. The fourth-order valence-corrected chi connectivity index (χ4v) is 5.59. The second-order valence-corrected chi connectivity index (χ2v) is 10.2. The van der Waals surface area contributed by atoms with Gasteiger partial charge in [-0.25, -0.2) is 14.4 Å². The first kappa shape index (κ1) is 23.8. The molecule has 6 rings (SSSR count). The van der Waals surface area contributed by atoms with Crippen LogP contribution in [0.2, 0.25) is 0 Å². The third-order valence-corrected chi connectivity index (χ3v) is 7.28. The van der Waals surface area contributed by atoms with Crippen molar-refractivity contribution in [1.82, 2.24) is 19.3 Å². The predicted octanol–water partition coefficient (Wildman–Crippen LogP) is 5.36. The predicted molar refractivity (Wildman–Crippen MR) is 141 cm³/mol. The third-order valence-electron chi connectivity index (χ3n) is 7.28. The molecule has 190 valence electrons. The van der Waals surface area contributed by atoms with E-state index in [1.807, 2.05) is 36.7 Å². The number of carbonyl (C=O) groups is 1. The Bertz CT molecular complexity index is 1490. The van der Waals surface area contributed by atoms with Crippen LogP contribution in [0.25, 0.3) is 16.9 Å². The van der Waals surface area contributed by atoms with E-state index < -0.39 is 0 Å². The summed E-state index contributed by atoms with van der Waals surface area (Å²) in [6.45, 7) is 2.29. The van der Waals surface area contributed by atoms with Crippen LogP contribution in [-0.2, 0) is 17.7 Å². The molecule has 0 spiro atoms. The normalized spacial score (nSPS) is 17.5. The zero-order valence-electron chi connectivity index (χ0n) is 21.1. The molecule has 7 nitrogen and oxygen atoms in total. The average molecular weight is 500 g/mol. The molecule has 1 saturated heterocycles. The van der Waals surface area contributed by atoms with Crippen LogP contribution < -0.4 is 5.32 Å². The molecule has 1 aliphatic heterocycles. The SMILES string of the molecule is CN(C)Cc1nc(Nc2ccc(-c3cnc4cc(F)ccn34)c3c2C(=O)CC3)ccc1[C@@H]1CCCOC1. The summed E-state index contributed by atoms with van der Waals surface area (Å²) < 4.78 is 21.3. The lowest BCUT2D eigenvalue weighted by molar-refractivity contribution is 0.0799. The van der Waals surface area contributed by atoms with Crippen molar-refractivity contribution in [3.63, 3.8) is 0 Å². The maximum absolute atomic E-state index is 13.7. The van der Waals surface area contributed by atoms with Gasteiger partial charge in [0, 0.05) is 48.9 Å². The van der Waals surface area contributed by atoms with Gasteiger partial charge in [0.05, 0.1) is 29.9 Å². The van der Waals surface area contributed by atoms with E-state index in [0.717, 1.165) is 66.6 Å². The topological polar surface area (TPSA) is 71.8 Å². The molecule has 3 aromatic heterocycles. The van der Waals surface area contributed by atoms with Gasteiger partial charge in [-0.05, 0) is 62.7 Å². The summed E-state index contributed by atoms with van der Waals surface area (Å²) in [6.07, 6.45) is 6.71. The molecular formula is C29H30FN5O2. The summed E-state index contributed by atoms with van der Waals surface area (Å²) in [7, 11) is 4.09. The first-order valence-corrected chi connectivity index (χ1v) is 12.8. The van der Waals surface area contributed by atoms with E-state index in [2.05, 4.69) is 21.3 Å². The molecule has 0 unspecified atom stereocenters. The molecule has 0 radical (unpaired) electrons. The van der Waals surface area contributed by atoms with Crippen LogP contribution in [-0.4, -0.2) is 52.4 Å². The minimum Gasteiger partial charge on any atom is -0.381 e. The molecule has 4 heterocycles. The van der Waals surface area contributed by atoms with Crippen molar-refractivity contribution in [1.29, 1.82) is 0 Å². The van der Waals surface area contributed by atoms with Crippen LogP contribution in [0.15, 0.2) is 48.8 Å². The van der Waals surface area contributed by atoms with Crippen molar-refractivity contribution in [2.45, 2.75) is 38.1 Å². The van der Waals surface area contributed by atoms with Crippen LogP contribution in [0.4, 0.5) is 15.9 Å². The molecule has 1 aromatic carbocycles. The number of hydrogen-bond donors (Lipinski definition) is 1. The third kappa shape index (κ3) is 4.51. The second kappa shape index (κ2) is 9.68. The number of Topliss-reactive ketones (excluding diaryl/α,β-unsaturated/α-hetero) is 1. The average Bonchev–Trinajstić information content (AvgIpc) is 3.48. The number of fused-ring (bicyclic) bond motifs is 2. The van der Waals surface area contributed by atoms with E-state index in [9.17, 15) is 9.18 Å². The van der Waals surface area contributed by atoms with Crippen molar-refractivity contribution in [2.75, 3.05) is 32.6 Å². The lowest BCUT2D eigenvalue weighted by Gasteiger charge is -2.25. The number of imidazole rings is 1. The van der Waals surface area contributed by atoms with E-state index in [4.69, 9.17) is 9.72 Å². The van der Waals surface area contributed by atoms with Crippen LogP contribution in [0, 0.1) is 5.82 Å². The van der Waals surface area contributed by atoms with E-state index in [1.54, 1.807) is 12.4 Å². The maximum atomic E-state index is 13.7. The van der Waals surface area contributed by atoms with Gasteiger partial charge in [0.15, 0.2) is 5.78 Å². The fraction of sp³-hybridized carbons (Fsp3) is 0.345. The van der Waals surface area contributed by atoms with Gasteiger partial charge < -0.3 is 15.0 Å². The van der Waals surface area contributed by atoms with E-state index in [-0.39, 0.29) is 11.6 Å². The van der Waals surface area contributed by atoms with Crippen LogP contribution >= 0.6 is 0 Å². The standard InChI is InChI=1S/C29H30FN5O2/c1-34(2)16-24-20(18-4-3-13-37-17-18)7-10-27(33-24)32-23-8-5-21(22-6-9-26(36)29(22)23)25-15-31-28-14-19(30)11-12-35(25)28/h5,7-8,10-12,14-15,18H,3-4,6,9,13,16-17H2,1-2H3,(H,32,33)/t18-/m1/s1. The molecular weight excluding hydrogens is 469 g/mol. The Morgan fingerprint density at radius 2 is 2.08 bits per heavy atom. The summed E-state index contributed by atoms with van der Waals surface area (Å²) in [4.78, 5) is 24.5. The monoisotopic (exact) mass is 499 g/mol. The first-order valence-electron chi connectivity index (χ1n) is 12.8. The Balaban J connectivity index is 1.37. The number of benzene rings is 1. The summed E-state index contributed by atoms with van der Waals surface area (Å²) in [5.74, 6) is 0.864. The van der Waals surface area contributed by atoms with E-state index in [0.29, 0.717) is 30.0 Å². The maximum Gasteiger partial charge on any atom is 0.165 e. The zero-order chi connectivity index (χ0) is 25.5. The number of nitrogens with zero attached hydrogens (tertiary/aromatic N) is 4. The Morgan fingerprint density at radius 3 is 2.89 bits per heavy atom. The Labute approximate surface area is 215 Å². The van der Waals surface area contributed by atoms with Crippen LogP contribution in [0.3, 0.4) is 0 Å². The van der Waals surface area contributed by atoms with Gasteiger partial charge in [-0.3, -0.25) is 9.20 Å². The van der Waals surface area contributed by atoms with Crippen molar-refractivity contribution in [2.24, 2.45) is 0 Å². The van der Waals surface area contributed by atoms with Gasteiger partial charge in [-0.2, -0.15) is 0 Å². The number of nitrogens with one attached hydrogen (secondary N) is 1. The number of hydrogen-bond acceptors (Lipinski definition) is 6. The summed E-state index contributed by atoms with van der Waals surface area (Å²) in [5.41, 5.74) is 7.05. The summed E-state index contributed by atoms with van der Waals surface area (Å²) >= 11 is 0. The number of aromatic nitrogens is 3. The Morgan fingerprint density at radius 1 is 1.19 bits per heavy atom. The molecule has 0 bridgehead atoms. The molecule has 1 aliphatic carbocycles. The molecule has 1 N–H and O–H groups in total. The van der Waals surface area contributed by atoms with Gasteiger partial charge in [0.25, 0.3) is 0 Å². The largest absolute Gasteiger partial charge is 0.381 e. The lowest BCUT2D eigenvalue weighted by atomic mass is 9.92. The zero-order valence-corrected chi connectivity index (χ0v) is 21.1. The van der Waals surface area contributed by atoms with Crippen LogP contribution in [0.1, 0.15) is 52.4 Å². The molecule has 37 heavy (non-hydrogen) atoms. The van der Waals surface area contributed by atoms with Crippen molar-refractivity contribution in [3.05, 3.63) is 77.0 Å². The number of anilines is 2. The first-order chi connectivity index (χ1) is 18.0. The van der Waals surface area contributed by atoms with Crippen molar-refractivity contribution >= 4 is 22.9 Å².